The van der Waals surface area contributed by atoms with Gasteiger partial charge in [0.25, 0.3) is 0 Å². The number of unbranched alkanes of at least 4 members (excludes halogenated alkanes) is 13. The standard InChI is InChI=1S/C20H40O4/c1-3-4-5-6-7-8-9-10-11-12-13-14-15-16-17-23-19-20(18-21)24-22-2/h18,20H,3-17,19H2,1-2H3/t20-/m1/s1. The smallest absolute Gasteiger partial charge is 0.171 e. The molecular weight excluding hydrogens is 304 g/mol. The van der Waals surface area contributed by atoms with Gasteiger partial charge in [-0.3, -0.25) is 0 Å². The third kappa shape index (κ3) is 17.9. The molecule has 0 radical (unpaired) electrons. The minimum absolute atomic E-state index is 0.274. The lowest BCUT2D eigenvalue weighted by Gasteiger charge is -2.09. The summed E-state index contributed by atoms with van der Waals surface area (Å²) in [7, 11) is 1.39. The van der Waals surface area contributed by atoms with Gasteiger partial charge in [0.15, 0.2) is 12.4 Å². The Hall–Kier alpha value is -0.450. The number of ether oxygens (including phenoxy) is 1. The van der Waals surface area contributed by atoms with Gasteiger partial charge >= 0.3 is 0 Å². The normalized spacial score (nSPS) is 12.4. The van der Waals surface area contributed by atoms with Crippen LogP contribution in [-0.2, 0) is 19.3 Å². The highest BCUT2D eigenvalue weighted by atomic mass is 17.2. The van der Waals surface area contributed by atoms with E-state index in [0.29, 0.717) is 12.9 Å². The van der Waals surface area contributed by atoms with E-state index >= 15 is 0 Å². The fraction of sp³-hybridized carbons (Fsp3) is 0.950. The molecule has 24 heavy (non-hydrogen) atoms. The molecule has 0 amide bonds. The number of rotatable bonds is 20. The maximum absolute atomic E-state index is 10.6. The Labute approximate surface area is 149 Å². The van der Waals surface area contributed by atoms with Crippen molar-refractivity contribution in [3.05, 3.63) is 0 Å². The molecule has 0 rings (SSSR count). The van der Waals surface area contributed by atoms with Crippen LogP contribution in [0.25, 0.3) is 0 Å². The van der Waals surface area contributed by atoms with Crippen LogP contribution in [0.3, 0.4) is 0 Å². The minimum atomic E-state index is -0.610. The van der Waals surface area contributed by atoms with Crippen LogP contribution in [0, 0.1) is 0 Å². The summed E-state index contributed by atoms with van der Waals surface area (Å²) in [5.41, 5.74) is 0. The van der Waals surface area contributed by atoms with Gasteiger partial charge in [0.05, 0.1) is 13.7 Å². The summed E-state index contributed by atoms with van der Waals surface area (Å²) in [6.45, 7) is 3.24. The molecule has 0 heterocycles. The predicted molar refractivity (Wildman–Crippen MR) is 99.1 cm³/mol. The molecule has 144 valence electrons. The predicted octanol–water partition coefficient (Wildman–Crippen LogP) is 5.63. The maximum atomic E-state index is 10.6. The molecule has 0 aromatic heterocycles. The molecule has 0 aromatic rings. The second-order valence-corrected chi connectivity index (χ2v) is 6.61. The van der Waals surface area contributed by atoms with E-state index in [2.05, 4.69) is 11.8 Å². The van der Waals surface area contributed by atoms with Crippen molar-refractivity contribution in [3.63, 3.8) is 0 Å². The van der Waals surface area contributed by atoms with Crippen molar-refractivity contribution in [1.82, 2.24) is 0 Å². The van der Waals surface area contributed by atoms with Crippen LogP contribution in [-0.4, -0.2) is 32.7 Å². The number of carbonyl (C=O) groups is 1. The van der Waals surface area contributed by atoms with E-state index in [1.807, 2.05) is 0 Å². The first-order chi connectivity index (χ1) is 11.8. The Balaban J connectivity index is 3.08. The number of hydrogen-bond acceptors (Lipinski definition) is 4. The van der Waals surface area contributed by atoms with E-state index in [4.69, 9.17) is 9.62 Å². The fourth-order valence-electron chi connectivity index (χ4n) is 2.81. The van der Waals surface area contributed by atoms with Crippen molar-refractivity contribution in [3.8, 4) is 0 Å². The summed E-state index contributed by atoms with van der Waals surface area (Å²) >= 11 is 0. The van der Waals surface area contributed by atoms with Gasteiger partial charge in [-0.2, -0.15) is 0 Å². The van der Waals surface area contributed by atoms with E-state index in [-0.39, 0.29) is 6.61 Å². The molecule has 0 spiro atoms. The van der Waals surface area contributed by atoms with Crippen LogP contribution in [0.5, 0.6) is 0 Å². The summed E-state index contributed by atoms with van der Waals surface area (Å²) in [6.07, 6.45) is 19.0. The Morgan fingerprint density at radius 2 is 1.21 bits per heavy atom. The lowest BCUT2D eigenvalue weighted by Crippen LogP contribution is -2.21. The highest BCUT2D eigenvalue weighted by Crippen LogP contribution is 2.12. The van der Waals surface area contributed by atoms with Gasteiger partial charge in [0.2, 0.25) is 0 Å². The molecule has 0 unspecified atom stereocenters. The lowest BCUT2D eigenvalue weighted by atomic mass is 10.0. The molecule has 0 bridgehead atoms. The summed E-state index contributed by atoms with van der Waals surface area (Å²) in [5, 5.41) is 0. The third-order valence-corrected chi connectivity index (χ3v) is 4.30. The molecule has 4 heteroatoms. The van der Waals surface area contributed by atoms with Gasteiger partial charge in [-0.05, 0) is 6.42 Å². The van der Waals surface area contributed by atoms with E-state index in [1.54, 1.807) is 0 Å². The molecule has 0 aliphatic carbocycles. The molecule has 0 saturated carbocycles. The largest absolute Gasteiger partial charge is 0.378 e. The summed E-state index contributed by atoms with van der Waals surface area (Å²) < 4.78 is 5.41. The Bertz CT molecular complexity index is 246. The molecule has 0 fully saturated rings. The molecular formula is C20H40O4. The van der Waals surface area contributed by atoms with Crippen molar-refractivity contribution in [2.24, 2.45) is 0 Å². The van der Waals surface area contributed by atoms with Crippen LogP contribution < -0.4 is 0 Å². The summed E-state index contributed by atoms with van der Waals surface area (Å²) in [4.78, 5) is 19.8. The zero-order chi connectivity index (χ0) is 17.7. The zero-order valence-corrected chi connectivity index (χ0v) is 16.1. The quantitative estimate of drug-likeness (QED) is 0.124. The third-order valence-electron chi connectivity index (χ3n) is 4.30. The minimum Gasteiger partial charge on any atom is -0.378 e. The fourth-order valence-corrected chi connectivity index (χ4v) is 2.81. The van der Waals surface area contributed by atoms with Gasteiger partial charge in [0.1, 0.15) is 0 Å². The molecule has 1 atom stereocenters. The van der Waals surface area contributed by atoms with Crippen molar-refractivity contribution in [2.45, 2.75) is 103 Å². The molecule has 0 aliphatic rings. The molecule has 0 aliphatic heterocycles. The van der Waals surface area contributed by atoms with Crippen LogP contribution >= 0.6 is 0 Å². The topological polar surface area (TPSA) is 44.8 Å². The first-order valence-corrected chi connectivity index (χ1v) is 10.1. The monoisotopic (exact) mass is 344 g/mol. The Kier molecular flexibility index (Phi) is 20.2. The van der Waals surface area contributed by atoms with Crippen molar-refractivity contribution in [2.75, 3.05) is 20.3 Å². The van der Waals surface area contributed by atoms with Crippen LogP contribution in [0.4, 0.5) is 0 Å². The van der Waals surface area contributed by atoms with Crippen LogP contribution in [0.15, 0.2) is 0 Å². The SMILES string of the molecule is CCCCCCCCCCCCCCCCOC[C@@H](C=O)OOC. The molecule has 4 nitrogen and oxygen atoms in total. The second-order valence-electron chi connectivity index (χ2n) is 6.61. The van der Waals surface area contributed by atoms with Crippen molar-refractivity contribution >= 4 is 6.29 Å². The highest BCUT2D eigenvalue weighted by molar-refractivity contribution is 5.55. The van der Waals surface area contributed by atoms with Gasteiger partial charge in [-0.1, -0.05) is 90.4 Å². The van der Waals surface area contributed by atoms with E-state index in [9.17, 15) is 4.79 Å². The first-order valence-electron chi connectivity index (χ1n) is 10.1. The Morgan fingerprint density at radius 3 is 1.62 bits per heavy atom. The zero-order valence-electron chi connectivity index (χ0n) is 16.1. The first kappa shape index (κ1) is 23.5. The van der Waals surface area contributed by atoms with Crippen molar-refractivity contribution in [1.29, 1.82) is 0 Å². The van der Waals surface area contributed by atoms with Gasteiger partial charge in [-0.25, -0.2) is 9.78 Å². The molecule has 0 aromatic carbocycles. The molecule has 0 N–H and O–H groups in total. The van der Waals surface area contributed by atoms with Crippen LogP contribution in [0.1, 0.15) is 96.8 Å². The average molecular weight is 345 g/mol. The highest BCUT2D eigenvalue weighted by Gasteiger charge is 2.07. The van der Waals surface area contributed by atoms with E-state index in [0.717, 1.165) is 6.42 Å². The summed E-state index contributed by atoms with van der Waals surface area (Å²) in [6, 6.07) is 0. The second kappa shape index (κ2) is 20.6. The molecule has 0 saturated heterocycles. The summed E-state index contributed by atoms with van der Waals surface area (Å²) in [5.74, 6) is 0. The van der Waals surface area contributed by atoms with Crippen LogP contribution in [0.2, 0.25) is 0 Å². The number of hydrogen-bond donors (Lipinski definition) is 0. The number of carbonyl (C=O) groups excluding carboxylic acids is 1. The van der Waals surface area contributed by atoms with Gasteiger partial charge < -0.3 is 9.53 Å². The van der Waals surface area contributed by atoms with E-state index in [1.165, 1.54) is 90.6 Å². The maximum Gasteiger partial charge on any atom is 0.171 e. The average Bonchev–Trinajstić information content (AvgIpc) is 2.60. The van der Waals surface area contributed by atoms with Gasteiger partial charge in [-0.15, -0.1) is 0 Å². The number of aldehydes is 1. The van der Waals surface area contributed by atoms with Gasteiger partial charge in [0, 0.05) is 6.61 Å². The Morgan fingerprint density at radius 1 is 0.750 bits per heavy atom. The van der Waals surface area contributed by atoms with Crippen molar-refractivity contribution < 1.29 is 19.3 Å². The van der Waals surface area contributed by atoms with E-state index < -0.39 is 6.10 Å². The lowest BCUT2D eigenvalue weighted by molar-refractivity contribution is -0.300.